The lowest BCUT2D eigenvalue weighted by atomic mass is 9.88. The molecule has 1 aliphatic rings. The normalized spacial score (nSPS) is 16.7. The minimum absolute atomic E-state index is 0. The summed E-state index contributed by atoms with van der Waals surface area (Å²) in [6.45, 7) is 7.82. The van der Waals surface area contributed by atoms with Gasteiger partial charge in [-0.1, -0.05) is 36.4 Å². The van der Waals surface area contributed by atoms with Crippen molar-refractivity contribution >= 4 is 35.6 Å². The number of rotatable bonds is 8. The van der Waals surface area contributed by atoms with Crippen molar-refractivity contribution in [3.05, 3.63) is 66.1 Å². The van der Waals surface area contributed by atoms with Crippen molar-refractivity contribution < 1.29 is 4.74 Å². The second kappa shape index (κ2) is 12.3. The van der Waals surface area contributed by atoms with Crippen LogP contribution >= 0.6 is 24.0 Å². The molecule has 3 N–H and O–H groups in total. The number of ether oxygens (including phenoxy) is 1. The molecule has 3 aromatic rings. The van der Waals surface area contributed by atoms with E-state index in [4.69, 9.17) is 9.73 Å². The van der Waals surface area contributed by atoms with Gasteiger partial charge in [0.15, 0.2) is 17.4 Å². The van der Waals surface area contributed by atoms with Crippen LogP contribution < -0.4 is 16.0 Å². The number of fused-ring (bicyclic) bond motifs is 1. The molecule has 0 spiro atoms. The summed E-state index contributed by atoms with van der Waals surface area (Å²) in [4.78, 5) is 4.77. The summed E-state index contributed by atoms with van der Waals surface area (Å²) in [7, 11) is 0. The molecule has 1 fully saturated rings. The molecule has 3 heterocycles. The zero-order valence-corrected chi connectivity index (χ0v) is 21.7. The fraction of sp³-hybridized carbons (Fsp3) is 0.458. The lowest BCUT2D eigenvalue weighted by Gasteiger charge is -2.41. The van der Waals surface area contributed by atoms with Crippen LogP contribution in [0.25, 0.3) is 5.65 Å². The van der Waals surface area contributed by atoms with Crippen LogP contribution in [0.5, 0.6) is 0 Å². The van der Waals surface area contributed by atoms with E-state index in [-0.39, 0.29) is 35.6 Å². The average molecular weight is 563 g/mol. The SMILES string of the molecule is CCNC(=NCc1nnc2ccccn12)NCC1(NC(C)c2ccccc2)CCOCC1.I. The number of aliphatic imine (C=N–C) groups is 1. The molecule has 0 saturated carbocycles. The molecule has 1 aliphatic heterocycles. The third-order valence-corrected chi connectivity index (χ3v) is 5.97. The highest BCUT2D eigenvalue weighted by Crippen LogP contribution is 2.25. The molecule has 0 radical (unpaired) electrons. The van der Waals surface area contributed by atoms with E-state index in [1.54, 1.807) is 0 Å². The molecule has 178 valence electrons. The minimum Gasteiger partial charge on any atom is -0.381 e. The van der Waals surface area contributed by atoms with E-state index in [1.807, 2.05) is 28.8 Å². The predicted molar refractivity (Wildman–Crippen MR) is 142 cm³/mol. The lowest BCUT2D eigenvalue weighted by molar-refractivity contribution is 0.0355. The number of nitrogens with one attached hydrogen (secondary N) is 3. The van der Waals surface area contributed by atoms with Crippen molar-refractivity contribution in [1.29, 1.82) is 0 Å². The van der Waals surface area contributed by atoms with Crippen LogP contribution in [0.4, 0.5) is 0 Å². The van der Waals surface area contributed by atoms with E-state index in [1.165, 1.54) is 5.56 Å². The highest BCUT2D eigenvalue weighted by Gasteiger charge is 2.34. The van der Waals surface area contributed by atoms with E-state index in [9.17, 15) is 0 Å². The van der Waals surface area contributed by atoms with E-state index in [2.05, 4.69) is 70.3 Å². The Morgan fingerprint density at radius 1 is 1.09 bits per heavy atom. The summed E-state index contributed by atoms with van der Waals surface area (Å²) in [6, 6.07) is 16.7. The Balaban J connectivity index is 0.00000306. The number of halogens is 1. The Labute approximate surface area is 212 Å². The largest absolute Gasteiger partial charge is 0.381 e. The first-order valence-electron chi connectivity index (χ1n) is 11.4. The van der Waals surface area contributed by atoms with Gasteiger partial charge in [-0.2, -0.15) is 0 Å². The zero-order valence-electron chi connectivity index (χ0n) is 19.3. The van der Waals surface area contributed by atoms with E-state index >= 15 is 0 Å². The quantitative estimate of drug-likeness (QED) is 0.222. The van der Waals surface area contributed by atoms with Crippen molar-refractivity contribution in [3.63, 3.8) is 0 Å². The third-order valence-electron chi connectivity index (χ3n) is 5.97. The summed E-state index contributed by atoms with van der Waals surface area (Å²) in [5.74, 6) is 1.59. The van der Waals surface area contributed by atoms with Gasteiger partial charge in [0.05, 0.1) is 0 Å². The predicted octanol–water partition coefficient (Wildman–Crippen LogP) is 3.30. The Morgan fingerprint density at radius 2 is 1.85 bits per heavy atom. The fourth-order valence-electron chi connectivity index (χ4n) is 4.16. The highest BCUT2D eigenvalue weighted by atomic mass is 127. The van der Waals surface area contributed by atoms with Crippen LogP contribution in [0, 0.1) is 0 Å². The molecular formula is C24H34IN7O. The second-order valence-corrected chi connectivity index (χ2v) is 8.26. The summed E-state index contributed by atoms with van der Waals surface area (Å²) in [5, 5.41) is 19.3. The van der Waals surface area contributed by atoms with Gasteiger partial charge in [-0.05, 0) is 44.4 Å². The Morgan fingerprint density at radius 3 is 2.61 bits per heavy atom. The lowest BCUT2D eigenvalue weighted by Crippen LogP contribution is -2.58. The maximum absolute atomic E-state index is 5.67. The first-order chi connectivity index (χ1) is 15.7. The standard InChI is InChI=1S/C24H33N7O.HI/c1-3-25-23(26-17-22-30-29-21-11-7-8-14-31(21)22)27-18-24(12-15-32-16-13-24)28-19(2)20-9-5-4-6-10-20;/h4-11,14,19,28H,3,12-13,15-18H2,1-2H3,(H2,25,26,27);1H. The number of aromatic nitrogens is 3. The Kier molecular flexibility index (Phi) is 9.45. The molecule has 0 amide bonds. The first kappa shape index (κ1) is 25.4. The summed E-state index contributed by atoms with van der Waals surface area (Å²) < 4.78 is 7.64. The van der Waals surface area contributed by atoms with Crippen molar-refractivity contribution in [1.82, 2.24) is 30.5 Å². The molecule has 1 aromatic carbocycles. The van der Waals surface area contributed by atoms with E-state index in [0.717, 1.165) is 56.6 Å². The number of pyridine rings is 1. The number of hydrogen-bond acceptors (Lipinski definition) is 5. The van der Waals surface area contributed by atoms with Gasteiger partial charge in [-0.3, -0.25) is 4.40 Å². The number of hydrogen-bond donors (Lipinski definition) is 3. The maximum Gasteiger partial charge on any atom is 0.191 e. The molecule has 8 nitrogen and oxygen atoms in total. The van der Waals surface area contributed by atoms with Crippen molar-refractivity contribution in [2.24, 2.45) is 4.99 Å². The molecule has 0 aliphatic carbocycles. The summed E-state index contributed by atoms with van der Waals surface area (Å²) >= 11 is 0. The Hall–Kier alpha value is -2.24. The van der Waals surface area contributed by atoms with Crippen LogP contribution in [-0.2, 0) is 11.3 Å². The maximum atomic E-state index is 5.67. The molecule has 1 saturated heterocycles. The molecule has 9 heteroatoms. The monoisotopic (exact) mass is 563 g/mol. The molecule has 33 heavy (non-hydrogen) atoms. The smallest absolute Gasteiger partial charge is 0.191 e. The summed E-state index contributed by atoms with van der Waals surface area (Å²) in [6.07, 6.45) is 3.86. The van der Waals surface area contributed by atoms with E-state index in [0.29, 0.717) is 6.54 Å². The van der Waals surface area contributed by atoms with Crippen LogP contribution in [0.15, 0.2) is 59.7 Å². The number of benzene rings is 1. The van der Waals surface area contributed by atoms with Gasteiger partial charge in [0.25, 0.3) is 0 Å². The number of nitrogens with zero attached hydrogens (tertiary/aromatic N) is 4. The van der Waals surface area contributed by atoms with Crippen LogP contribution in [0.1, 0.15) is 44.1 Å². The molecule has 4 rings (SSSR count). The van der Waals surface area contributed by atoms with Crippen LogP contribution in [0.2, 0.25) is 0 Å². The van der Waals surface area contributed by atoms with Crippen LogP contribution in [-0.4, -0.2) is 52.4 Å². The molecule has 1 unspecified atom stereocenters. The van der Waals surface area contributed by atoms with E-state index < -0.39 is 0 Å². The van der Waals surface area contributed by atoms with Crippen molar-refractivity contribution in [2.75, 3.05) is 26.3 Å². The number of guanidine groups is 1. The second-order valence-electron chi connectivity index (χ2n) is 8.26. The third kappa shape index (κ3) is 6.64. The molecule has 0 bridgehead atoms. The van der Waals surface area contributed by atoms with Gasteiger partial charge < -0.3 is 20.7 Å². The summed E-state index contributed by atoms with van der Waals surface area (Å²) in [5.41, 5.74) is 2.05. The van der Waals surface area contributed by atoms with Crippen LogP contribution in [0.3, 0.4) is 0 Å². The topological polar surface area (TPSA) is 87.9 Å². The molecule has 1 atom stereocenters. The minimum atomic E-state index is -0.0642. The van der Waals surface area contributed by atoms with Gasteiger partial charge >= 0.3 is 0 Å². The van der Waals surface area contributed by atoms with Crippen molar-refractivity contribution in [3.8, 4) is 0 Å². The fourth-order valence-corrected chi connectivity index (χ4v) is 4.16. The van der Waals surface area contributed by atoms with Gasteiger partial charge in [0.1, 0.15) is 6.54 Å². The van der Waals surface area contributed by atoms with Gasteiger partial charge in [-0.15, -0.1) is 34.2 Å². The van der Waals surface area contributed by atoms with Crippen molar-refractivity contribution in [2.45, 2.75) is 44.8 Å². The zero-order chi connectivity index (χ0) is 22.2. The average Bonchev–Trinajstić information content (AvgIpc) is 3.25. The molecule has 2 aromatic heterocycles. The van der Waals surface area contributed by atoms with Gasteiger partial charge in [0, 0.05) is 44.1 Å². The van der Waals surface area contributed by atoms with Gasteiger partial charge in [0.2, 0.25) is 0 Å². The van der Waals surface area contributed by atoms with Gasteiger partial charge in [-0.25, -0.2) is 4.99 Å². The highest BCUT2D eigenvalue weighted by molar-refractivity contribution is 14.0. The molecular weight excluding hydrogens is 529 g/mol. The first-order valence-corrected chi connectivity index (χ1v) is 11.4. The Bertz CT molecular complexity index is 1020.